The number of carbonyl (C=O) groups excluding carboxylic acids is 1. The zero-order chi connectivity index (χ0) is 27.3. The van der Waals surface area contributed by atoms with Crippen LogP contribution in [0.2, 0.25) is 0 Å². The smallest absolute Gasteiger partial charge is 0.410 e. The fraction of sp³-hybridized carbons (Fsp3) is 0.581. The van der Waals surface area contributed by atoms with Crippen molar-refractivity contribution >= 4 is 15.9 Å². The van der Waals surface area contributed by atoms with Gasteiger partial charge in [-0.1, -0.05) is 30.3 Å². The first kappa shape index (κ1) is 28.6. The maximum atomic E-state index is 13.2. The van der Waals surface area contributed by atoms with Crippen LogP contribution in [0.4, 0.5) is 4.79 Å². The van der Waals surface area contributed by atoms with E-state index in [0.29, 0.717) is 30.3 Å². The van der Waals surface area contributed by atoms with E-state index < -0.39 is 15.4 Å². The van der Waals surface area contributed by atoms with Crippen molar-refractivity contribution in [3.8, 4) is 0 Å². The monoisotopic (exact) mass is 540 g/mol. The molecule has 1 saturated heterocycles. The van der Waals surface area contributed by atoms with Crippen molar-refractivity contribution in [3.05, 3.63) is 64.7 Å². The number of piperidine rings is 1. The van der Waals surface area contributed by atoms with Crippen LogP contribution in [0.1, 0.15) is 68.7 Å². The lowest BCUT2D eigenvalue weighted by molar-refractivity contribution is 0.0181. The Hall–Kier alpha value is -2.38. The number of aryl methyl sites for hydroxylation is 1. The zero-order valence-corrected chi connectivity index (χ0v) is 24.4. The first-order valence-electron chi connectivity index (χ1n) is 14.1. The molecule has 0 radical (unpaired) electrons. The van der Waals surface area contributed by atoms with E-state index in [9.17, 15) is 13.2 Å². The van der Waals surface area contributed by atoms with Gasteiger partial charge >= 0.3 is 6.09 Å². The van der Waals surface area contributed by atoms with Crippen LogP contribution < -0.4 is 0 Å². The third-order valence-electron chi connectivity index (χ3n) is 7.88. The Kier molecular flexibility index (Phi) is 9.19. The Bertz CT molecular complexity index is 1210. The second-order valence-electron chi connectivity index (χ2n) is 12.0. The van der Waals surface area contributed by atoms with Crippen LogP contribution in [-0.2, 0) is 34.0 Å². The van der Waals surface area contributed by atoms with Gasteiger partial charge in [0, 0.05) is 32.7 Å². The minimum absolute atomic E-state index is 0.178. The van der Waals surface area contributed by atoms with E-state index in [2.05, 4.69) is 36.1 Å². The third-order valence-corrected chi connectivity index (χ3v) is 9.68. The van der Waals surface area contributed by atoms with Crippen LogP contribution in [0, 0.1) is 12.8 Å². The van der Waals surface area contributed by atoms with Gasteiger partial charge in [-0.3, -0.25) is 4.90 Å². The molecule has 208 valence electrons. The minimum atomic E-state index is -3.32. The lowest BCUT2D eigenvalue weighted by Gasteiger charge is -2.33. The minimum Gasteiger partial charge on any atom is -0.444 e. The van der Waals surface area contributed by atoms with Gasteiger partial charge in [0.1, 0.15) is 5.60 Å². The molecule has 0 bridgehead atoms. The van der Waals surface area contributed by atoms with Crippen molar-refractivity contribution in [2.75, 3.05) is 31.9 Å². The molecule has 0 aromatic heterocycles. The molecule has 2 aromatic carbocycles. The van der Waals surface area contributed by atoms with Gasteiger partial charge in [0.05, 0.1) is 10.6 Å². The van der Waals surface area contributed by atoms with Crippen molar-refractivity contribution in [2.24, 2.45) is 5.92 Å². The van der Waals surface area contributed by atoms with E-state index in [1.54, 1.807) is 4.90 Å². The molecule has 0 spiro atoms. The summed E-state index contributed by atoms with van der Waals surface area (Å²) in [6.07, 6.45) is 4.90. The number of benzene rings is 2. The van der Waals surface area contributed by atoms with Crippen LogP contribution in [0.15, 0.2) is 47.4 Å². The Morgan fingerprint density at radius 2 is 1.66 bits per heavy atom. The summed E-state index contributed by atoms with van der Waals surface area (Å²) in [4.78, 5) is 17.0. The third kappa shape index (κ3) is 7.82. The standard InChI is InChI=1S/C31H44N2O4S/c1-24-8-5-6-10-28(24)23-32-17-15-26-11-12-29(22-27(26)16-18-32)38(35,36)21-7-9-25-13-19-33(20-14-25)30(34)37-31(2,3)4/h5-6,8,10-12,22,25H,7,9,13-21,23H2,1-4H3. The van der Waals surface area contributed by atoms with Gasteiger partial charge in [0.25, 0.3) is 0 Å². The van der Waals surface area contributed by atoms with Crippen LogP contribution in [0.25, 0.3) is 0 Å². The van der Waals surface area contributed by atoms with Gasteiger partial charge in [-0.05, 0) is 107 Å². The predicted molar refractivity (Wildman–Crippen MR) is 152 cm³/mol. The normalized spacial score (nSPS) is 17.6. The van der Waals surface area contributed by atoms with Gasteiger partial charge in [-0.25, -0.2) is 13.2 Å². The highest BCUT2D eigenvalue weighted by Crippen LogP contribution is 2.26. The molecule has 6 nitrogen and oxygen atoms in total. The van der Waals surface area contributed by atoms with Gasteiger partial charge in [0.15, 0.2) is 9.84 Å². The lowest BCUT2D eigenvalue weighted by Crippen LogP contribution is -2.41. The molecule has 0 saturated carbocycles. The van der Waals surface area contributed by atoms with Gasteiger partial charge < -0.3 is 9.64 Å². The average Bonchev–Trinajstić information content (AvgIpc) is 3.06. The molecule has 7 heteroatoms. The van der Waals surface area contributed by atoms with Gasteiger partial charge in [0.2, 0.25) is 0 Å². The summed E-state index contributed by atoms with van der Waals surface area (Å²) in [5, 5.41) is 0. The zero-order valence-electron chi connectivity index (χ0n) is 23.5. The first-order valence-corrected chi connectivity index (χ1v) is 15.7. The van der Waals surface area contributed by atoms with E-state index in [-0.39, 0.29) is 11.8 Å². The lowest BCUT2D eigenvalue weighted by atomic mass is 9.93. The Balaban J connectivity index is 1.26. The van der Waals surface area contributed by atoms with E-state index in [4.69, 9.17) is 4.74 Å². The molecule has 0 N–H and O–H groups in total. The van der Waals surface area contributed by atoms with Gasteiger partial charge in [-0.15, -0.1) is 0 Å². The van der Waals surface area contributed by atoms with Crippen LogP contribution in [0.5, 0.6) is 0 Å². The number of ether oxygens (including phenoxy) is 1. The highest BCUT2D eigenvalue weighted by atomic mass is 32.2. The molecule has 1 amide bonds. The number of amides is 1. The maximum Gasteiger partial charge on any atom is 0.410 e. The second-order valence-corrected chi connectivity index (χ2v) is 14.1. The molecular formula is C31H44N2O4S. The Labute approximate surface area is 229 Å². The SMILES string of the molecule is Cc1ccccc1CN1CCc2ccc(S(=O)(=O)CCCC3CCN(C(=O)OC(C)(C)C)CC3)cc2CC1. The van der Waals surface area contributed by atoms with Crippen molar-refractivity contribution in [3.63, 3.8) is 0 Å². The van der Waals surface area contributed by atoms with Crippen molar-refractivity contribution in [1.82, 2.24) is 9.80 Å². The fourth-order valence-electron chi connectivity index (χ4n) is 5.54. The number of sulfone groups is 1. The number of nitrogens with zero attached hydrogens (tertiary/aromatic N) is 2. The van der Waals surface area contributed by atoms with E-state index >= 15 is 0 Å². The van der Waals surface area contributed by atoms with Gasteiger partial charge in [-0.2, -0.15) is 0 Å². The summed E-state index contributed by atoms with van der Waals surface area (Å²) >= 11 is 0. The van der Waals surface area contributed by atoms with E-state index in [1.165, 1.54) is 22.3 Å². The van der Waals surface area contributed by atoms with Crippen molar-refractivity contribution < 1.29 is 17.9 Å². The van der Waals surface area contributed by atoms with Crippen LogP contribution >= 0.6 is 0 Å². The molecule has 2 aliphatic rings. The maximum absolute atomic E-state index is 13.2. The summed E-state index contributed by atoms with van der Waals surface area (Å²) in [5.41, 5.74) is 4.63. The largest absolute Gasteiger partial charge is 0.444 e. The van der Waals surface area contributed by atoms with E-state index in [0.717, 1.165) is 51.7 Å². The highest BCUT2D eigenvalue weighted by Gasteiger charge is 2.27. The molecule has 2 heterocycles. The topological polar surface area (TPSA) is 66.9 Å². The molecule has 2 aliphatic heterocycles. The molecule has 4 rings (SSSR count). The molecule has 2 aromatic rings. The highest BCUT2D eigenvalue weighted by molar-refractivity contribution is 7.91. The summed E-state index contributed by atoms with van der Waals surface area (Å²) in [6.45, 7) is 12.0. The molecule has 0 aliphatic carbocycles. The molecule has 1 fully saturated rings. The Morgan fingerprint density at radius 3 is 2.34 bits per heavy atom. The Morgan fingerprint density at radius 1 is 0.974 bits per heavy atom. The number of carbonyl (C=O) groups is 1. The summed E-state index contributed by atoms with van der Waals surface area (Å²) in [7, 11) is -3.32. The molecular weight excluding hydrogens is 496 g/mol. The van der Waals surface area contributed by atoms with Crippen molar-refractivity contribution in [1.29, 1.82) is 0 Å². The summed E-state index contributed by atoms with van der Waals surface area (Å²) in [6, 6.07) is 14.3. The average molecular weight is 541 g/mol. The number of likely N-dealkylation sites (tertiary alicyclic amines) is 1. The van der Waals surface area contributed by atoms with Crippen LogP contribution in [0.3, 0.4) is 0 Å². The number of hydrogen-bond donors (Lipinski definition) is 0. The molecule has 38 heavy (non-hydrogen) atoms. The predicted octanol–water partition coefficient (Wildman–Crippen LogP) is 5.80. The molecule has 0 atom stereocenters. The fourth-order valence-corrected chi connectivity index (χ4v) is 6.92. The summed E-state index contributed by atoms with van der Waals surface area (Å²) < 4.78 is 31.8. The molecule has 0 unspecified atom stereocenters. The van der Waals surface area contributed by atoms with E-state index in [1.807, 2.05) is 39.0 Å². The van der Waals surface area contributed by atoms with Crippen LogP contribution in [-0.4, -0.2) is 61.8 Å². The number of hydrogen-bond acceptors (Lipinski definition) is 5. The van der Waals surface area contributed by atoms with Crippen molar-refractivity contribution in [2.45, 2.75) is 83.3 Å². The summed E-state index contributed by atoms with van der Waals surface area (Å²) in [5.74, 6) is 0.632. The second kappa shape index (κ2) is 12.2. The quantitative estimate of drug-likeness (QED) is 0.444. The first-order chi connectivity index (χ1) is 18.0. The number of rotatable bonds is 7. The number of fused-ring (bicyclic) bond motifs is 1.